The van der Waals surface area contributed by atoms with E-state index in [1.165, 1.54) is 0 Å². The van der Waals surface area contributed by atoms with Crippen molar-refractivity contribution < 1.29 is 19.1 Å². The molecule has 2 amide bonds. The van der Waals surface area contributed by atoms with Gasteiger partial charge in [0.15, 0.2) is 0 Å². The van der Waals surface area contributed by atoms with E-state index >= 15 is 0 Å². The molecule has 0 fully saturated rings. The highest BCUT2D eigenvalue weighted by molar-refractivity contribution is 5.99. The number of carbonyl (C=O) groups is 2. The molecule has 0 aliphatic rings. The highest BCUT2D eigenvalue weighted by atomic mass is 16.5. The summed E-state index contributed by atoms with van der Waals surface area (Å²) in [6.07, 6.45) is 0.0634. The lowest BCUT2D eigenvalue weighted by Gasteiger charge is -2.11. The largest absolute Gasteiger partial charge is 0.497 e. The molecule has 0 saturated carbocycles. The minimum absolute atomic E-state index is 0.0634. The monoisotopic (exact) mass is 328 g/mol. The Morgan fingerprint density at radius 1 is 0.792 bits per heavy atom. The number of hydrogen-bond donors (Lipinski definition) is 2. The Morgan fingerprint density at radius 2 is 1.21 bits per heavy atom. The van der Waals surface area contributed by atoms with Crippen LogP contribution < -0.4 is 20.3 Å². The van der Waals surface area contributed by atoms with E-state index in [2.05, 4.69) is 10.9 Å². The number of benzene rings is 2. The van der Waals surface area contributed by atoms with Crippen molar-refractivity contribution in [2.24, 2.45) is 0 Å². The second kappa shape index (κ2) is 8.01. The van der Waals surface area contributed by atoms with Gasteiger partial charge in [0.25, 0.3) is 11.8 Å². The van der Waals surface area contributed by atoms with Crippen LogP contribution in [0.15, 0.2) is 48.5 Å². The second-order valence-corrected chi connectivity index (χ2v) is 5.33. The number of amides is 2. The van der Waals surface area contributed by atoms with Gasteiger partial charge in [-0.15, -0.1) is 0 Å². The molecule has 2 N–H and O–H groups in total. The SMILES string of the molecule is COc1ccc(C(=O)NNC(=O)c2ccc(OC(C)C)cc2)cc1. The lowest BCUT2D eigenvalue weighted by molar-refractivity contribution is 0.0846. The third kappa shape index (κ3) is 4.74. The maximum absolute atomic E-state index is 12.0. The lowest BCUT2D eigenvalue weighted by atomic mass is 10.2. The molecule has 0 atom stereocenters. The van der Waals surface area contributed by atoms with Gasteiger partial charge < -0.3 is 9.47 Å². The number of ether oxygens (including phenoxy) is 2. The average Bonchev–Trinajstić information content (AvgIpc) is 2.59. The van der Waals surface area contributed by atoms with Crippen LogP contribution in [0, 0.1) is 0 Å². The van der Waals surface area contributed by atoms with Gasteiger partial charge in [0.05, 0.1) is 13.2 Å². The zero-order valence-corrected chi connectivity index (χ0v) is 13.8. The first-order chi connectivity index (χ1) is 11.5. The summed E-state index contributed by atoms with van der Waals surface area (Å²) in [6, 6.07) is 13.2. The van der Waals surface area contributed by atoms with Crippen molar-refractivity contribution >= 4 is 11.8 Å². The average molecular weight is 328 g/mol. The van der Waals surface area contributed by atoms with Crippen LogP contribution in [0.1, 0.15) is 34.6 Å². The van der Waals surface area contributed by atoms with Gasteiger partial charge in [-0.1, -0.05) is 0 Å². The summed E-state index contributed by atoms with van der Waals surface area (Å²) in [5.41, 5.74) is 5.58. The van der Waals surface area contributed by atoms with Crippen LogP contribution in [-0.2, 0) is 0 Å². The zero-order valence-electron chi connectivity index (χ0n) is 13.8. The standard InChI is InChI=1S/C18H20N2O4/c1-12(2)24-16-10-6-14(7-11-16)18(22)20-19-17(21)13-4-8-15(23-3)9-5-13/h4-12H,1-3H3,(H,19,21)(H,20,22). The van der Waals surface area contributed by atoms with Crippen molar-refractivity contribution in [1.29, 1.82) is 0 Å². The highest BCUT2D eigenvalue weighted by Crippen LogP contribution is 2.14. The topological polar surface area (TPSA) is 76.7 Å². The summed E-state index contributed by atoms with van der Waals surface area (Å²) in [5, 5.41) is 0. The molecule has 0 spiro atoms. The van der Waals surface area contributed by atoms with Crippen LogP contribution in [0.4, 0.5) is 0 Å². The van der Waals surface area contributed by atoms with Crippen molar-refractivity contribution in [2.45, 2.75) is 20.0 Å². The number of nitrogens with one attached hydrogen (secondary N) is 2. The van der Waals surface area contributed by atoms with Crippen LogP contribution in [0.25, 0.3) is 0 Å². The van der Waals surface area contributed by atoms with Gasteiger partial charge in [-0.2, -0.15) is 0 Å². The first-order valence-electron chi connectivity index (χ1n) is 7.51. The smallest absolute Gasteiger partial charge is 0.269 e. The molecule has 0 unspecified atom stereocenters. The normalized spacial score (nSPS) is 10.2. The van der Waals surface area contributed by atoms with Crippen molar-refractivity contribution in [3.63, 3.8) is 0 Å². The molecule has 6 heteroatoms. The van der Waals surface area contributed by atoms with E-state index in [9.17, 15) is 9.59 Å². The molecule has 2 aromatic carbocycles. The van der Waals surface area contributed by atoms with Crippen molar-refractivity contribution in [3.05, 3.63) is 59.7 Å². The fraction of sp³-hybridized carbons (Fsp3) is 0.222. The van der Waals surface area contributed by atoms with E-state index < -0.39 is 11.8 Å². The summed E-state index contributed by atoms with van der Waals surface area (Å²) in [6.45, 7) is 3.85. The Labute approximate surface area is 140 Å². The molecule has 0 bridgehead atoms. The fourth-order valence-electron chi connectivity index (χ4n) is 1.96. The van der Waals surface area contributed by atoms with Crippen LogP contribution >= 0.6 is 0 Å². The predicted molar refractivity (Wildman–Crippen MR) is 90.1 cm³/mol. The molecule has 0 heterocycles. The molecule has 24 heavy (non-hydrogen) atoms. The summed E-state index contributed by atoms with van der Waals surface area (Å²) < 4.78 is 10.5. The number of rotatable bonds is 5. The van der Waals surface area contributed by atoms with Gasteiger partial charge in [0.1, 0.15) is 11.5 Å². The molecular weight excluding hydrogens is 308 g/mol. The van der Waals surface area contributed by atoms with Gasteiger partial charge in [0.2, 0.25) is 0 Å². The Hall–Kier alpha value is -3.02. The van der Waals surface area contributed by atoms with E-state index in [-0.39, 0.29) is 6.10 Å². The van der Waals surface area contributed by atoms with Gasteiger partial charge >= 0.3 is 0 Å². The highest BCUT2D eigenvalue weighted by Gasteiger charge is 2.09. The number of hydrogen-bond acceptors (Lipinski definition) is 4. The maximum atomic E-state index is 12.0. The Morgan fingerprint density at radius 3 is 1.58 bits per heavy atom. The van der Waals surface area contributed by atoms with Gasteiger partial charge in [-0.05, 0) is 62.4 Å². The van der Waals surface area contributed by atoms with E-state index in [0.29, 0.717) is 22.6 Å². The maximum Gasteiger partial charge on any atom is 0.269 e. The number of hydrazine groups is 1. The second-order valence-electron chi connectivity index (χ2n) is 5.33. The van der Waals surface area contributed by atoms with Crippen LogP contribution in [-0.4, -0.2) is 25.0 Å². The quantitative estimate of drug-likeness (QED) is 0.827. The molecular formula is C18H20N2O4. The van der Waals surface area contributed by atoms with Crippen molar-refractivity contribution in [1.82, 2.24) is 10.9 Å². The van der Waals surface area contributed by atoms with Crippen molar-refractivity contribution in [3.8, 4) is 11.5 Å². The molecule has 0 aliphatic heterocycles. The lowest BCUT2D eigenvalue weighted by Crippen LogP contribution is -2.41. The Bertz CT molecular complexity index is 694. The molecule has 6 nitrogen and oxygen atoms in total. The third-order valence-electron chi connectivity index (χ3n) is 3.13. The Kier molecular flexibility index (Phi) is 5.78. The van der Waals surface area contributed by atoms with Gasteiger partial charge in [-0.3, -0.25) is 20.4 Å². The first-order valence-corrected chi connectivity index (χ1v) is 7.51. The van der Waals surface area contributed by atoms with Crippen molar-refractivity contribution in [2.75, 3.05) is 7.11 Å². The molecule has 0 aliphatic carbocycles. The van der Waals surface area contributed by atoms with E-state index in [1.807, 2.05) is 13.8 Å². The first kappa shape index (κ1) is 17.3. The van der Waals surface area contributed by atoms with Gasteiger partial charge in [-0.25, -0.2) is 0 Å². The molecule has 0 radical (unpaired) electrons. The van der Waals surface area contributed by atoms with Crippen LogP contribution in [0.2, 0.25) is 0 Å². The van der Waals surface area contributed by atoms with Crippen LogP contribution in [0.3, 0.4) is 0 Å². The van der Waals surface area contributed by atoms with E-state index in [1.54, 1.807) is 55.6 Å². The minimum atomic E-state index is -0.411. The summed E-state index contributed by atoms with van der Waals surface area (Å²) >= 11 is 0. The van der Waals surface area contributed by atoms with Crippen LogP contribution in [0.5, 0.6) is 11.5 Å². The molecule has 2 aromatic rings. The third-order valence-corrected chi connectivity index (χ3v) is 3.13. The molecule has 0 aromatic heterocycles. The molecule has 2 rings (SSSR count). The summed E-state index contributed by atoms with van der Waals surface area (Å²) in [7, 11) is 1.55. The van der Waals surface area contributed by atoms with Gasteiger partial charge in [0, 0.05) is 11.1 Å². The molecule has 126 valence electrons. The number of methoxy groups -OCH3 is 1. The zero-order chi connectivity index (χ0) is 17.5. The summed E-state index contributed by atoms with van der Waals surface area (Å²) in [4.78, 5) is 24.0. The summed E-state index contributed by atoms with van der Waals surface area (Å²) in [5.74, 6) is 0.516. The van der Waals surface area contributed by atoms with E-state index in [4.69, 9.17) is 9.47 Å². The number of carbonyl (C=O) groups excluding carboxylic acids is 2. The fourth-order valence-corrected chi connectivity index (χ4v) is 1.96. The minimum Gasteiger partial charge on any atom is -0.497 e. The van der Waals surface area contributed by atoms with E-state index in [0.717, 1.165) is 0 Å². The predicted octanol–water partition coefficient (Wildman–Crippen LogP) is 2.56. The Balaban J connectivity index is 1.90. The molecule has 0 saturated heterocycles.